The fourth-order valence-electron chi connectivity index (χ4n) is 4.48. The summed E-state index contributed by atoms with van der Waals surface area (Å²) in [5.74, 6) is 0.447. The van der Waals surface area contributed by atoms with Gasteiger partial charge in [-0.25, -0.2) is 24.3 Å². The Hall–Kier alpha value is -4.35. The summed E-state index contributed by atoms with van der Waals surface area (Å²) in [6.07, 6.45) is 3.78. The number of aromatic nitrogens is 2. The molecule has 1 amide bonds. The number of nitrogens with one attached hydrogen (secondary N) is 2. The highest BCUT2D eigenvalue weighted by atomic mass is 19.4. The predicted octanol–water partition coefficient (Wildman–Crippen LogP) is 5.29. The van der Waals surface area contributed by atoms with E-state index in [-0.39, 0.29) is 25.4 Å². The van der Waals surface area contributed by atoms with Gasteiger partial charge in [0.05, 0.1) is 12.2 Å². The van der Waals surface area contributed by atoms with Gasteiger partial charge in [0.25, 0.3) is 5.91 Å². The average molecular weight is 554 g/mol. The lowest BCUT2D eigenvalue weighted by Gasteiger charge is -2.17. The Morgan fingerprint density at radius 2 is 2.05 bits per heavy atom. The minimum absolute atomic E-state index is 0.0814. The van der Waals surface area contributed by atoms with Crippen molar-refractivity contribution in [2.45, 2.75) is 38.5 Å². The van der Waals surface area contributed by atoms with Gasteiger partial charge in [0.2, 0.25) is 5.96 Å². The fraction of sp³-hybridized carbons (Fsp3) is 0.321. The summed E-state index contributed by atoms with van der Waals surface area (Å²) in [6, 6.07) is 5.12. The SMILES string of the molecule is Cc1ccc(C(=O)NCC2=CCC(C(F)(F)F)=CC=C2)cc1Nc1ncnc2c1N=C(N1CC[C@@H](F)C1)N=CC2. The maximum absolute atomic E-state index is 13.8. The molecule has 1 aromatic heterocycles. The molecule has 1 aliphatic carbocycles. The van der Waals surface area contributed by atoms with Gasteiger partial charge in [-0.3, -0.25) is 4.79 Å². The smallest absolute Gasteiger partial charge is 0.348 e. The highest BCUT2D eigenvalue weighted by Crippen LogP contribution is 2.33. The highest BCUT2D eigenvalue weighted by Gasteiger charge is 2.32. The molecule has 12 heteroatoms. The molecular weight excluding hydrogens is 526 g/mol. The van der Waals surface area contributed by atoms with Gasteiger partial charge in [-0.05, 0) is 43.0 Å². The first kappa shape index (κ1) is 27.2. The number of aryl methyl sites for hydroxylation is 1. The Balaban J connectivity index is 1.31. The van der Waals surface area contributed by atoms with Crippen LogP contribution in [0, 0.1) is 6.92 Å². The van der Waals surface area contributed by atoms with Crippen molar-refractivity contribution in [3.05, 3.63) is 76.8 Å². The molecule has 0 spiro atoms. The number of halogens is 4. The van der Waals surface area contributed by atoms with Gasteiger partial charge in [-0.2, -0.15) is 13.2 Å². The van der Waals surface area contributed by atoms with Crippen molar-refractivity contribution in [2.75, 3.05) is 25.0 Å². The first-order chi connectivity index (χ1) is 19.2. The molecule has 2 N–H and O–H groups in total. The molecular formula is C28H27F4N7O. The number of rotatable bonds is 5. The second kappa shape index (κ2) is 11.4. The number of fused-ring (bicyclic) bond motifs is 1. The van der Waals surface area contributed by atoms with E-state index in [0.717, 1.165) is 11.6 Å². The van der Waals surface area contributed by atoms with Gasteiger partial charge in [0, 0.05) is 42.5 Å². The van der Waals surface area contributed by atoms with E-state index in [0.29, 0.717) is 59.4 Å². The monoisotopic (exact) mass is 553 g/mol. The topological polar surface area (TPSA) is 94.9 Å². The number of hydrogen-bond acceptors (Lipinski definition) is 7. The van der Waals surface area contributed by atoms with Gasteiger partial charge >= 0.3 is 6.18 Å². The third-order valence-corrected chi connectivity index (χ3v) is 6.78. The van der Waals surface area contributed by atoms with Crippen LogP contribution in [0.4, 0.5) is 34.8 Å². The number of guanidine groups is 1. The number of anilines is 2. The summed E-state index contributed by atoms with van der Waals surface area (Å²) < 4.78 is 52.8. The molecule has 0 saturated carbocycles. The van der Waals surface area contributed by atoms with Gasteiger partial charge in [-0.15, -0.1) is 0 Å². The normalized spacial score (nSPS) is 18.8. The van der Waals surface area contributed by atoms with Crippen molar-refractivity contribution in [1.82, 2.24) is 20.2 Å². The molecule has 1 atom stereocenters. The minimum Gasteiger partial charge on any atom is -0.348 e. The molecule has 208 valence electrons. The van der Waals surface area contributed by atoms with Crippen LogP contribution in [0.5, 0.6) is 0 Å². The maximum Gasteiger partial charge on any atom is 0.412 e. The molecule has 1 saturated heterocycles. The number of aliphatic imine (C=N–C) groups is 2. The molecule has 0 radical (unpaired) electrons. The molecule has 40 heavy (non-hydrogen) atoms. The zero-order valence-electron chi connectivity index (χ0n) is 21.7. The van der Waals surface area contributed by atoms with Crippen LogP contribution in [0.3, 0.4) is 0 Å². The van der Waals surface area contributed by atoms with Crippen LogP contribution in [-0.4, -0.2) is 64.9 Å². The lowest BCUT2D eigenvalue weighted by atomic mass is 10.1. The van der Waals surface area contributed by atoms with Crippen molar-refractivity contribution in [3.8, 4) is 0 Å². The van der Waals surface area contributed by atoms with Crippen molar-refractivity contribution in [2.24, 2.45) is 9.98 Å². The summed E-state index contributed by atoms with van der Waals surface area (Å²) in [5, 5.41) is 6.02. The van der Waals surface area contributed by atoms with E-state index in [1.54, 1.807) is 35.4 Å². The van der Waals surface area contributed by atoms with Gasteiger partial charge in [-0.1, -0.05) is 30.4 Å². The molecule has 3 heterocycles. The number of nitrogens with zero attached hydrogens (tertiary/aromatic N) is 5. The molecule has 1 aromatic carbocycles. The van der Waals surface area contributed by atoms with E-state index in [1.807, 2.05) is 6.92 Å². The Morgan fingerprint density at radius 1 is 1.20 bits per heavy atom. The first-order valence-electron chi connectivity index (χ1n) is 12.8. The van der Waals surface area contributed by atoms with E-state index in [9.17, 15) is 22.4 Å². The number of allylic oxidation sites excluding steroid dienone is 4. The Labute approximate surface area is 228 Å². The van der Waals surface area contributed by atoms with Crippen LogP contribution < -0.4 is 10.6 Å². The average Bonchev–Trinajstić information content (AvgIpc) is 3.10. The standard InChI is InChI=1S/C28H27F4N7O/c1-17-5-7-19(26(40)34-14-18-3-2-4-20(8-6-18)28(30,31)32)13-23(17)37-25-24-22(35-16-36-25)9-11-33-27(38-24)39-12-10-21(29)15-39/h2-7,11,13,16,21H,8-10,12,14-15H2,1H3,(H,34,40)(H,35,36,37)/t21-/m1/s1. The molecule has 2 aliphatic heterocycles. The number of amides is 1. The van der Waals surface area contributed by atoms with E-state index >= 15 is 0 Å². The van der Waals surface area contributed by atoms with Crippen LogP contribution in [-0.2, 0) is 6.42 Å². The third-order valence-electron chi connectivity index (χ3n) is 6.78. The van der Waals surface area contributed by atoms with Gasteiger partial charge in [0.15, 0.2) is 5.82 Å². The lowest BCUT2D eigenvalue weighted by Crippen LogP contribution is -2.27. The molecule has 1 fully saturated rings. The van der Waals surface area contributed by atoms with Crippen molar-refractivity contribution in [1.29, 1.82) is 0 Å². The van der Waals surface area contributed by atoms with E-state index in [2.05, 4.69) is 30.6 Å². The Kier molecular flexibility index (Phi) is 7.76. The fourth-order valence-corrected chi connectivity index (χ4v) is 4.48. The van der Waals surface area contributed by atoms with Crippen molar-refractivity contribution in [3.63, 3.8) is 0 Å². The number of likely N-dealkylation sites (tertiary alicyclic amines) is 1. The zero-order chi connectivity index (χ0) is 28.3. The van der Waals surface area contributed by atoms with Crippen molar-refractivity contribution < 1.29 is 22.4 Å². The summed E-state index contributed by atoms with van der Waals surface area (Å²) in [4.78, 5) is 32.5. The molecule has 0 unspecified atom stereocenters. The number of carbonyl (C=O) groups is 1. The molecule has 5 rings (SSSR count). The van der Waals surface area contributed by atoms with Crippen LogP contribution >= 0.6 is 0 Å². The maximum atomic E-state index is 13.8. The van der Waals surface area contributed by atoms with Crippen LogP contribution in [0.2, 0.25) is 0 Å². The minimum atomic E-state index is -4.39. The zero-order valence-corrected chi connectivity index (χ0v) is 21.7. The summed E-state index contributed by atoms with van der Waals surface area (Å²) in [7, 11) is 0. The van der Waals surface area contributed by atoms with Gasteiger partial charge in [0.1, 0.15) is 18.2 Å². The van der Waals surface area contributed by atoms with E-state index in [1.165, 1.54) is 18.5 Å². The lowest BCUT2D eigenvalue weighted by molar-refractivity contribution is -0.0928. The largest absolute Gasteiger partial charge is 0.412 e. The van der Waals surface area contributed by atoms with Crippen molar-refractivity contribution >= 4 is 35.3 Å². The summed E-state index contributed by atoms with van der Waals surface area (Å²) in [6.45, 7) is 2.70. The summed E-state index contributed by atoms with van der Waals surface area (Å²) >= 11 is 0. The van der Waals surface area contributed by atoms with Crippen LogP contribution in [0.15, 0.2) is 70.0 Å². The predicted molar refractivity (Wildman–Crippen MR) is 145 cm³/mol. The molecule has 0 bridgehead atoms. The number of hydrogen-bond donors (Lipinski definition) is 2. The number of benzene rings is 1. The Morgan fingerprint density at radius 3 is 2.83 bits per heavy atom. The Bertz CT molecular complexity index is 1460. The number of alkyl halides is 4. The highest BCUT2D eigenvalue weighted by molar-refractivity contribution is 5.96. The second-order valence-corrected chi connectivity index (χ2v) is 9.65. The van der Waals surface area contributed by atoms with E-state index in [4.69, 9.17) is 0 Å². The molecule has 3 aliphatic rings. The molecule has 2 aromatic rings. The van der Waals surface area contributed by atoms with Crippen LogP contribution in [0.25, 0.3) is 0 Å². The first-order valence-corrected chi connectivity index (χ1v) is 12.8. The quantitative estimate of drug-likeness (QED) is 0.491. The number of carbonyl (C=O) groups excluding carboxylic acids is 1. The molecule has 8 nitrogen and oxygen atoms in total. The summed E-state index contributed by atoms with van der Waals surface area (Å²) in [5.41, 5.74) is 2.91. The van der Waals surface area contributed by atoms with Crippen LogP contribution in [0.1, 0.15) is 34.5 Å². The van der Waals surface area contributed by atoms with Gasteiger partial charge < -0.3 is 15.5 Å². The second-order valence-electron chi connectivity index (χ2n) is 9.65. The third kappa shape index (κ3) is 6.27. The van der Waals surface area contributed by atoms with E-state index < -0.39 is 17.9 Å².